The second-order valence-electron chi connectivity index (χ2n) is 5.61. The highest BCUT2D eigenvalue weighted by molar-refractivity contribution is 7.89. The topological polar surface area (TPSA) is 75.4 Å². The van der Waals surface area contributed by atoms with E-state index in [2.05, 4.69) is 9.62 Å². The molecular weight excluding hydrogens is 274 g/mol. The van der Waals surface area contributed by atoms with Crippen molar-refractivity contribution in [1.82, 2.24) is 9.62 Å². The number of nitrogens with two attached hydrogens (primary N) is 1. The largest absolute Gasteiger partial charge is 0.326 e. The fourth-order valence-corrected chi connectivity index (χ4v) is 3.98. The van der Waals surface area contributed by atoms with Crippen LogP contribution in [-0.4, -0.2) is 39.5 Å². The van der Waals surface area contributed by atoms with Crippen LogP contribution in [0.25, 0.3) is 0 Å². The van der Waals surface area contributed by atoms with Gasteiger partial charge in [0, 0.05) is 18.6 Å². The summed E-state index contributed by atoms with van der Waals surface area (Å²) in [4.78, 5) is 2.41. The van der Waals surface area contributed by atoms with E-state index in [0.717, 1.165) is 19.3 Å². The van der Waals surface area contributed by atoms with Gasteiger partial charge in [-0.3, -0.25) is 0 Å². The number of sulfonamides is 1. The highest BCUT2D eigenvalue weighted by Crippen LogP contribution is 2.35. The first-order valence-electron chi connectivity index (χ1n) is 6.86. The quantitative estimate of drug-likeness (QED) is 0.818. The number of likely N-dealkylation sites (N-methyl/N-ethyl adjacent to an activating group) is 1. The Labute approximate surface area is 121 Å². The maximum absolute atomic E-state index is 12.4. The first-order chi connectivity index (χ1) is 9.41. The molecule has 2 rings (SSSR count). The van der Waals surface area contributed by atoms with Crippen LogP contribution in [0, 0.1) is 0 Å². The van der Waals surface area contributed by atoms with E-state index < -0.39 is 10.0 Å². The standard InChI is InChI=1S/C14H23N3O2S/c1-17(2)14(8-5-9-14)11-16-20(18,19)13-7-4-3-6-12(13)10-15/h3-4,6-7,16H,5,8-11,15H2,1-2H3. The lowest BCUT2D eigenvalue weighted by atomic mass is 9.76. The van der Waals surface area contributed by atoms with Crippen molar-refractivity contribution in [3.05, 3.63) is 29.8 Å². The minimum absolute atomic E-state index is 0.0370. The molecule has 1 saturated carbocycles. The van der Waals surface area contributed by atoms with Crippen LogP contribution >= 0.6 is 0 Å². The van der Waals surface area contributed by atoms with Gasteiger partial charge in [0.15, 0.2) is 0 Å². The SMILES string of the molecule is CN(C)C1(CNS(=O)(=O)c2ccccc2CN)CCC1. The van der Waals surface area contributed by atoms with Crippen molar-refractivity contribution >= 4 is 10.0 Å². The van der Waals surface area contributed by atoms with Gasteiger partial charge in [0.2, 0.25) is 10.0 Å². The number of hydrogen-bond donors (Lipinski definition) is 2. The molecule has 5 nitrogen and oxygen atoms in total. The van der Waals surface area contributed by atoms with Crippen LogP contribution in [-0.2, 0) is 16.6 Å². The lowest BCUT2D eigenvalue weighted by Crippen LogP contribution is -2.57. The average molecular weight is 297 g/mol. The number of benzene rings is 1. The Morgan fingerprint density at radius 3 is 2.45 bits per heavy atom. The van der Waals surface area contributed by atoms with Gasteiger partial charge in [-0.15, -0.1) is 0 Å². The predicted molar refractivity (Wildman–Crippen MR) is 79.8 cm³/mol. The molecule has 0 aromatic heterocycles. The van der Waals surface area contributed by atoms with Gasteiger partial charge in [-0.1, -0.05) is 18.2 Å². The van der Waals surface area contributed by atoms with E-state index in [0.29, 0.717) is 12.1 Å². The molecule has 112 valence electrons. The zero-order valence-corrected chi connectivity index (χ0v) is 12.9. The van der Waals surface area contributed by atoms with Gasteiger partial charge in [0.05, 0.1) is 4.90 Å². The Morgan fingerprint density at radius 1 is 1.30 bits per heavy atom. The summed E-state index contributed by atoms with van der Waals surface area (Å²) in [5, 5.41) is 0. The number of rotatable bonds is 6. The van der Waals surface area contributed by atoms with Crippen molar-refractivity contribution in [2.75, 3.05) is 20.6 Å². The Morgan fingerprint density at radius 2 is 1.95 bits per heavy atom. The molecule has 1 aromatic rings. The second kappa shape index (κ2) is 5.81. The fourth-order valence-electron chi connectivity index (χ4n) is 2.61. The summed E-state index contributed by atoms with van der Waals surface area (Å²) in [6.45, 7) is 0.664. The summed E-state index contributed by atoms with van der Waals surface area (Å²) in [6, 6.07) is 6.88. The summed E-state index contributed by atoms with van der Waals surface area (Å²) in [5.74, 6) is 0. The van der Waals surface area contributed by atoms with Crippen LogP contribution in [0.5, 0.6) is 0 Å². The minimum atomic E-state index is -3.50. The Hall–Kier alpha value is -0.950. The van der Waals surface area contributed by atoms with E-state index in [1.807, 2.05) is 14.1 Å². The molecule has 20 heavy (non-hydrogen) atoms. The van der Waals surface area contributed by atoms with Gasteiger partial charge < -0.3 is 10.6 Å². The monoisotopic (exact) mass is 297 g/mol. The molecule has 1 aliphatic rings. The fraction of sp³-hybridized carbons (Fsp3) is 0.571. The van der Waals surface area contributed by atoms with E-state index in [1.54, 1.807) is 24.3 Å². The number of hydrogen-bond acceptors (Lipinski definition) is 4. The first-order valence-corrected chi connectivity index (χ1v) is 8.35. The van der Waals surface area contributed by atoms with Crippen LogP contribution in [0.4, 0.5) is 0 Å². The molecule has 0 saturated heterocycles. The summed E-state index contributed by atoms with van der Waals surface area (Å²) >= 11 is 0. The van der Waals surface area contributed by atoms with Crippen molar-refractivity contribution in [3.63, 3.8) is 0 Å². The van der Waals surface area contributed by atoms with Gasteiger partial charge >= 0.3 is 0 Å². The molecular formula is C14H23N3O2S. The van der Waals surface area contributed by atoms with Crippen molar-refractivity contribution in [2.24, 2.45) is 5.73 Å². The smallest absolute Gasteiger partial charge is 0.240 e. The molecule has 0 atom stereocenters. The predicted octanol–water partition coefficient (Wildman–Crippen LogP) is 0.908. The van der Waals surface area contributed by atoms with E-state index in [4.69, 9.17) is 5.73 Å². The minimum Gasteiger partial charge on any atom is -0.326 e. The molecule has 3 N–H and O–H groups in total. The van der Waals surface area contributed by atoms with Crippen molar-refractivity contribution in [2.45, 2.75) is 36.2 Å². The number of nitrogens with one attached hydrogen (secondary N) is 1. The third-order valence-electron chi connectivity index (χ3n) is 4.31. The van der Waals surface area contributed by atoms with Gasteiger partial charge in [0.1, 0.15) is 0 Å². The summed E-state index contributed by atoms with van der Waals surface area (Å²) in [6.07, 6.45) is 3.21. The first kappa shape index (κ1) is 15.4. The Kier molecular flexibility index (Phi) is 4.49. The molecule has 0 radical (unpaired) electrons. The van der Waals surface area contributed by atoms with Crippen molar-refractivity contribution in [1.29, 1.82) is 0 Å². The van der Waals surface area contributed by atoms with Gasteiger partial charge in [-0.05, 0) is 45.0 Å². The van der Waals surface area contributed by atoms with E-state index in [9.17, 15) is 8.42 Å². The zero-order valence-electron chi connectivity index (χ0n) is 12.1. The van der Waals surface area contributed by atoms with E-state index >= 15 is 0 Å². The Bertz CT molecular complexity index is 566. The lowest BCUT2D eigenvalue weighted by molar-refractivity contribution is 0.0657. The lowest BCUT2D eigenvalue weighted by Gasteiger charge is -2.47. The van der Waals surface area contributed by atoms with Crippen LogP contribution in [0.15, 0.2) is 29.2 Å². The molecule has 1 aromatic carbocycles. The van der Waals surface area contributed by atoms with Gasteiger partial charge in [-0.2, -0.15) is 0 Å². The van der Waals surface area contributed by atoms with Crippen LogP contribution in [0.1, 0.15) is 24.8 Å². The molecule has 0 heterocycles. The zero-order chi connectivity index (χ0) is 14.8. The number of nitrogens with zero attached hydrogens (tertiary/aromatic N) is 1. The third kappa shape index (κ3) is 2.88. The Balaban J connectivity index is 2.16. The molecule has 6 heteroatoms. The van der Waals surface area contributed by atoms with Crippen molar-refractivity contribution in [3.8, 4) is 0 Å². The van der Waals surface area contributed by atoms with Crippen molar-refractivity contribution < 1.29 is 8.42 Å². The maximum Gasteiger partial charge on any atom is 0.240 e. The molecule has 1 fully saturated rings. The molecule has 0 spiro atoms. The average Bonchev–Trinajstić information content (AvgIpc) is 2.37. The summed E-state index contributed by atoms with van der Waals surface area (Å²) < 4.78 is 27.6. The van der Waals surface area contributed by atoms with E-state index in [-0.39, 0.29) is 17.0 Å². The van der Waals surface area contributed by atoms with Crippen LogP contribution < -0.4 is 10.5 Å². The van der Waals surface area contributed by atoms with Crippen LogP contribution in [0.2, 0.25) is 0 Å². The molecule has 1 aliphatic carbocycles. The highest BCUT2D eigenvalue weighted by Gasteiger charge is 2.39. The molecule has 0 unspecified atom stereocenters. The molecule has 0 bridgehead atoms. The van der Waals surface area contributed by atoms with Gasteiger partial charge in [-0.25, -0.2) is 13.1 Å². The third-order valence-corrected chi connectivity index (χ3v) is 5.81. The maximum atomic E-state index is 12.4. The molecule has 0 aliphatic heterocycles. The summed E-state index contributed by atoms with van der Waals surface area (Å²) in [7, 11) is 0.500. The highest BCUT2D eigenvalue weighted by atomic mass is 32.2. The van der Waals surface area contributed by atoms with Gasteiger partial charge in [0.25, 0.3) is 0 Å². The normalized spacial score (nSPS) is 18.0. The second-order valence-corrected chi connectivity index (χ2v) is 7.34. The van der Waals surface area contributed by atoms with Crippen LogP contribution in [0.3, 0.4) is 0 Å². The molecule has 0 amide bonds. The summed E-state index contributed by atoms with van der Waals surface area (Å²) in [5.41, 5.74) is 6.22. The van der Waals surface area contributed by atoms with E-state index in [1.165, 1.54) is 0 Å².